The van der Waals surface area contributed by atoms with Gasteiger partial charge in [0.05, 0.1) is 13.7 Å². The molecule has 0 saturated heterocycles. The fourth-order valence-electron chi connectivity index (χ4n) is 5.94. The molecule has 3 N–H and O–H groups in total. The Balaban J connectivity index is 1.40. The number of ether oxygens (including phenoxy) is 3. The molecular formula is C40H38N6O5. The number of amides is 1. The number of hydrazine groups is 1. The number of carbonyl (C=O) groups excluding carboxylic acids is 1. The lowest BCUT2D eigenvalue weighted by molar-refractivity contribution is -0.130. The highest BCUT2D eigenvalue weighted by atomic mass is 16.5. The molecule has 11 nitrogen and oxygen atoms in total. The van der Waals surface area contributed by atoms with Crippen LogP contribution in [0.15, 0.2) is 138 Å². The molecule has 1 amide bonds. The normalized spacial score (nSPS) is 16.4. The van der Waals surface area contributed by atoms with Crippen molar-refractivity contribution in [2.24, 2.45) is 10.1 Å². The second kappa shape index (κ2) is 16.5. The fraction of sp³-hybridized carbons (Fsp3) is 0.200. The summed E-state index contributed by atoms with van der Waals surface area (Å²) in [6.45, 7) is 0.761. The predicted molar refractivity (Wildman–Crippen MR) is 196 cm³/mol. The zero-order valence-corrected chi connectivity index (χ0v) is 28.1. The Hall–Kier alpha value is -6.13. The minimum Gasteiger partial charge on any atom is -0.497 e. The SMILES string of the molecule is COc1ccc(CNNC(=O)[C@@]2(Cc3ccccc3N=[N+]=[N-])N=C(c3ccc(OCCCO)cc3)O[C@H]2c2ccc(-c3ccccc3)cc2)cc1. The van der Waals surface area contributed by atoms with Crippen molar-refractivity contribution in [2.45, 2.75) is 31.0 Å². The maximum atomic E-state index is 14.7. The van der Waals surface area contributed by atoms with Crippen LogP contribution < -0.4 is 20.3 Å². The van der Waals surface area contributed by atoms with Crippen molar-refractivity contribution >= 4 is 17.5 Å². The van der Waals surface area contributed by atoms with Gasteiger partial charge in [0.25, 0.3) is 5.91 Å². The molecule has 5 aromatic carbocycles. The van der Waals surface area contributed by atoms with Crippen LogP contribution in [-0.2, 0) is 22.5 Å². The number of carbonyl (C=O) groups is 1. The van der Waals surface area contributed by atoms with Gasteiger partial charge in [-0.1, -0.05) is 96.1 Å². The van der Waals surface area contributed by atoms with E-state index in [1.807, 2.05) is 103 Å². The maximum absolute atomic E-state index is 14.7. The molecule has 258 valence electrons. The van der Waals surface area contributed by atoms with Crippen molar-refractivity contribution in [3.63, 3.8) is 0 Å². The van der Waals surface area contributed by atoms with Gasteiger partial charge in [-0.25, -0.2) is 10.4 Å². The van der Waals surface area contributed by atoms with E-state index in [1.54, 1.807) is 31.4 Å². The lowest BCUT2D eigenvalue weighted by atomic mass is 9.81. The minimum atomic E-state index is -1.53. The molecule has 0 radical (unpaired) electrons. The summed E-state index contributed by atoms with van der Waals surface area (Å²) in [6, 6.07) is 39.9. The number of aliphatic hydroxyl groups is 1. The molecule has 0 spiro atoms. The van der Waals surface area contributed by atoms with E-state index >= 15 is 0 Å². The van der Waals surface area contributed by atoms with Crippen molar-refractivity contribution in [2.75, 3.05) is 20.3 Å². The summed E-state index contributed by atoms with van der Waals surface area (Å²) < 4.78 is 17.7. The highest BCUT2D eigenvalue weighted by molar-refractivity contribution is 6.01. The summed E-state index contributed by atoms with van der Waals surface area (Å²) in [4.78, 5) is 22.8. The smallest absolute Gasteiger partial charge is 0.266 e. The Morgan fingerprint density at radius 2 is 1.55 bits per heavy atom. The second-order valence-electron chi connectivity index (χ2n) is 11.9. The molecule has 2 atom stereocenters. The number of methoxy groups -OCH3 is 1. The molecule has 51 heavy (non-hydrogen) atoms. The van der Waals surface area contributed by atoms with Crippen molar-refractivity contribution in [1.29, 1.82) is 0 Å². The van der Waals surface area contributed by atoms with Crippen LogP contribution in [0.1, 0.15) is 34.8 Å². The first-order valence-corrected chi connectivity index (χ1v) is 16.6. The van der Waals surface area contributed by atoms with E-state index in [4.69, 9.17) is 24.3 Å². The summed E-state index contributed by atoms with van der Waals surface area (Å²) in [6.07, 6.45) is -0.279. The molecule has 1 aliphatic rings. The monoisotopic (exact) mass is 682 g/mol. The van der Waals surface area contributed by atoms with Gasteiger partial charge < -0.3 is 19.3 Å². The average Bonchev–Trinajstić information content (AvgIpc) is 3.57. The van der Waals surface area contributed by atoms with Gasteiger partial charge in [0.1, 0.15) is 11.5 Å². The van der Waals surface area contributed by atoms with Crippen molar-refractivity contribution < 1.29 is 24.1 Å². The van der Waals surface area contributed by atoms with Gasteiger partial charge in [0, 0.05) is 42.2 Å². The fourth-order valence-corrected chi connectivity index (χ4v) is 5.94. The average molecular weight is 683 g/mol. The van der Waals surface area contributed by atoms with Crippen LogP contribution in [0.4, 0.5) is 5.69 Å². The number of hydrogen-bond donors (Lipinski definition) is 3. The summed E-state index contributed by atoms with van der Waals surface area (Å²) >= 11 is 0. The molecule has 0 bridgehead atoms. The quantitative estimate of drug-likeness (QED) is 0.0345. The third kappa shape index (κ3) is 8.20. The first kappa shape index (κ1) is 34.7. The summed E-state index contributed by atoms with van der Waals surface area (Å²) in [5.74, 6) is 1.22. The Morgan fingerprint density at radius 1 is 0.882 bits per heavy atom. The molecule has 1 aliphatic heterocycles. The number of aliphatic hydroxyl groups excluding tert-OH is 1. The number of aliphatic imine (C=N–C) groups is 1. The van der Waals surface area contributed by atoms with Crippen LogP contribution in [0.3, 0.4) is 0 Å². The number of rotatable bonds is 15. The van der Waals surface area contributed by atoms with E-state index in [2.05, 4.69) is 20.9 Å². The van der Waals surface area contributed by atoms with Crippen LogP contribution in [0.25, 0.3) is 21.6 Å². The van der Waals surface area contributed by atoms with Gasteiger partial charge >= 0.3 is 0 Å². The zero-order chi connectivity index (χ0) is 35.5. The van der Waals surface area contributed by atoms with E-state index in [9.17, 15) is 10.3 Å². The standard InChI is InChI=1S/C40H38N6O5/c1-49-34-20-12-28(13-21-34)27-42-45-39(48)40(26-33-10-5-6-11-36(33)44-46-41)37(31-16-14-30(15-17-31)29-8-3-2-4-9-29)51-38(43-40)32-18-22-35(23-19-32)50-25-7-24-47/h2-6,8-23,37,42,47H,7,24-27H2,1H3,(H,45,48)/t37-,40-/m0/s1. The highest BCUT2D eigenvalue weighted by Crippen LogP contribution is 2.44. The van der Waals surface area contributed by atoms with Crippen LogP contribution in [-0.4, -0.2) is 42.8 Å². The van der Waals surface area contributed by atoms with Gasteiger partial charge in [-0.3, -0.25) is 10.2 Å². The van der Waals surface area contributed by atoms with Crippen molar-refractivity contribution in [3.05, 3.63) is 160 Å². The van der Waals surface area contributed by atoms with Gasteiger partial charge in [-0.05, 0) is 69.7 Å². The molecule has 0 fully saturated rings. The molecule has 5 aromatic rings. The van der Waals surface area contributed by atoms with Crippen molar-refractivity contribution in [1.82, 2.24) is 10.9 Å². The molecular weight excluding hydrogens is 644 g/mol. The van der Waals surface area contributed by atoms with Crippen LogP contribution in [0.5, 0.6) is 11.5 Å². The van der Waals surface area contributed by atoms with Crippen LogP contribution in [0, 0.1) is 0 Å². The van der Waals surface area contributed by atoms with E-state index in [0.717, 1.165) is 28.0 Å². The van der Waals surface area contributed by atoms with Crippen LogP contribution in [0.2, 0.25) is 0 Å². The van der Waals surface area contributed by atoms with E-state index in [0.29, 0.717) is 42.1 Å². The number of nitrogens with zero attached hydrogens (tertiary/aromatic N) is 4. The highest BCUT2D eigenvalue weighted by Gasteiger charge is 2.53. The van der Waals surface area contributed by atoms with Gasteiger partial charge in [-0.2, -0.15) is 0 Å². The third-order valence-corrected chi connectivity index (χ3v) is 8.61. The van der Waals surface area contributed by atoms with E-state index < -0.39 is 17.6 Å². The molecule has 11 heteroatoms. The maximum Gasteiger partial charge on any atom is 0.266 e. The summed E-state index contributed by atoms with van der Waals surface area (Å²) in [5, 5.41) is 13.0. The lowest BCUT2D eigenvalue weighted by Crippen LogP contribution is -2.53. The Bertz CT molecular complexity index is 2000. The number of hydrogen-bond acceptors (Lipinski definition) is 8. The predicted octanol–water partition coefficient (Wildman–Crippen LogP) is 7.39. The second-order valence-corrected chi connectivity index (χ2v) is 11.9. The topological polar surface area (TPSA) is 150 Å². The molecule has 1 heterocycles. The molecule has 0 saturated carbocycles. The first-order chi connectivity index (χ1) is 25.0. The van der Waals surface area contributed by atoms with Crippen LogP contribution >= 0.6 is 0 Å². The number of nitrogens with one attached hydrogen (secondary N) is 2. The van der Waals surface area contributed by atoms with Gasteiger partial charge in [-0.15, -0.1) is 0 Å². The van der Waals surface area contributed by atoms with Gasteiger partial charge in [0.15, 0.2) is 11.6 Å². The lowest BCUT2D eigenvalue weighted by Gasteiger charge is -2.31. The Labute approximate surface area is 296 Å². The number of azide groups is 1. The number of benzene rings is 5. The summed E-state index contributed by atoms with van der Waals surface area (Å²) in [5.41, 5.74) is 19.2. The largest absolute Gasteiger partial charge is 0.497 e. The van der Waals surface area contributed by atoms with E-state index in [1.165, 1.54) is 0 Å². The molecule has 6 rings (SSSR count). The molecule has 0 unspecified atom stereocenters. The van der Waals surface area contributed by atoms with E-state index in [-0.39, 0.29) is 18.9 Å². The first-order valence-electron chi connectivity index (χ1n) is 16.6. The molecule has 0 aromatic heterocycles. The van der Waals surface area contributed by atoms with Crippen molar-refractivity contribution in [3.8, 4) is 22.6 Å². The minimum absolute atomic E-state index is 0.0400. The van der Waals surface area contributed by atoms with Gasteiger partial charge in [0.2, 0.25) is 5.90 Å². The third-order valence-electron chi connectivity index (χ3n) is 8.61. The zero-order valence-electron chi connectivity index (χ0n) is 28.1. The Morgan fingerprint density at radius 3 is 2.25 bits per heavy atom. The Kier molecular flexibility index (Phi) is 11.2. The summed E-state index contributed by atoms with van der Waals surface area (Å²) in [7, 11) is 1.61. The molecule has 0 aliphatic carbocycles.